The van der Waals surface area contributed by atoms with Gasteiger partial charge >= 0.3 is 0 Å². The van der Waals surface area contributed by atoms with Crippen molar-refractivity contribution in [3.05, 3.63) is 11.7 Å². The quantitative estimate of drug-likeness (QED) is 0.831. The Balaban J connectivity index is 1.95. The van der Waals surface area contributed by atoms with Gasteiger partial charge in [0.25, 0.3) is 0 Å². The summed E-state index contributed by atoms with van der Waals surface area (Å²) in [4.78, 5) is 6.78. The number of aromatic nitrogens is 2. The largest absolute Gasteiger partial charge is 0.379 e. The standard InChI is InChI=1S/C12H22N4O2/c1-9(13-3)8-11-14-12(18-15-11)10(2)16-4-6-17-7-5-16/h9-10,13H,4-8H2,1-3H3. The van der Waals surface area contributed by atoms with E-state index in [0.717, 1.165) is 38.5 Å². The minimum atomic E-state index is 0.167. The highest BCUT2D eigenvalue weighted by Gasteiger charge is 2.23. The van der Waals surface area contributed by atoms with Crippen molar-refractivity contribution < 1.29 is 9.26 Å². The molecule has 0 spiro atoms. The molecule has 2 heterocycles. The van der Waals surface area contributed by atoms with Crippen molar-refractivity contribution in [1.82, 2.24) is 20.4 Å². The highest BCUT2D eigenvalue weighted by atomic mass is 16.5. The van der Waals surface area contributed by atoms with E-state index in [0.29, 0.717) is 11.9 Å². The van der Waals surface area contributed by atoms with E-state index in [2.05, 4.69) is 34.2 Å². The number of likely N-dealkylation sites (N-methyl/N-ethyl adjacent to an activating group) is 1. The van der Waals surface area contributed by atoms with E-state index < -0.39 is 0 Å². The van der Waals surface area contributed by atoms with Crippen molar-refractivity contribution in [1.29, 1.82) is 0 Å². The molecule has 0 aliphatic carbocycles. The molecule has 2 atom stereocenters. The summed E-state index contributed by atoms with van der Waals surface area (Å²) < 4.78 is 10.7. The average Bonchev–Trinajstić information content (AvgIpc) is 2.87. The molecule has 1 aliphatic heterocycles. The Morgan fingerprint density at radius 2 is 2.06 bits per heavy atom. The number of nitrogens with zero attached hydrogens (tertiary/aromatic N) is 3. The van der Waals surface area contributed by atoms with Gasteiger partial charge in [0.15, 0.2) is 5.82 Å². The van der Waals surface area contributed by atoms with Gasteiger partial charge in [-0.2, -0.15) is 4.98 Å². The predicted octanol–water partition coefficient (Wildman–Crippen LogP) is 0.613. The van der Waals surface area contributed by atoms with E-state index in [-0.39, 0.29) is 6.04 Å². The highest BCUT2D eigenvalue weighted by Crippen LogP contribution is 2.19. The summed E-state index contributed by atoms with van der Waals surface area (Å²) in [5, 5.41) is 7.20. The lowest BCUT2D eigenvalue weighted by Gasteiger charge is -2.29. The van der Waals surface area contributed by atoms with Crippen LogP contribution in [0.1, 0.15) is 31.6 Å². The summed E-state index contributed by atoms with van der Waals surface area (Å²) in [5.41, 5.74) is 0. The van der Waals surface area contributed by atoms with E-state index in [1.807, 2.05) is 7.05 Å². The molecule has 2 rings (SSSR count). The number of morpholine rings is 1. The molecule has 1 aromatic heterocycles. The normalized spacial score (nSPS) is 20.8. The molecule has 0 bridgehead atoms. The molecular formula is C12H22N4O2. The van der Waals surface area contributed by atoms with Gasteiger partial charge < -0.3 is 14.6 Å². The van der Waals surface area contributed by atoms with Crippen LogP contribution in [-0.4, -0.2) is 54.4 Å². The maximum absolute atomic E-state index is 5.35. The van der Waals surface area contributed by atoms with Crippen LogP contribution in [0.25, 0.3) is 0 Å². The van der Waals surface area contributed by atoms with Gasteiger partial charge in [0.05, 0.1) is 19.3 Å². The molecule has 1 N–H and O–H groups in total. The summed E-state index contributed by atoms with van der Waals surface area (Å²) in [7, 11) is 1.93. The summed E-state index contributed by atoms with van der Waals surface area (Å²) in [6, 6.07) is 0.522. The fourth-order valence-corrected chi connectivity index (χ4v) is 2.02. The van der Waals surface area contributed by atoms with E-state index in [1.165, 1.54) is 0 Å². The molecule has 0 aromatic carbocycles. The van der Waals surface area contributed by atoms with Gasteiger partial charge in [0.1, 0.15) is 0 Å². The first-order valence-electron chi connectivity index (χ1n) is 6.52. The van der Waals surface area contributed by atoms with Crippen LogP contribution in [0.3, 0.4) is 0 Å². The summed E-state index contributed by atoms with van der Waals surface area (Å²) in [6.07, 6.45) is 0.788. The minimum absolute atomic E-state index is 0.167. The molecule has 0 saturated carbocycles. The van der Waals surface area contributed by atoms with Crippen LogP contribution >= 0.6 is 0 Å². The van der Waals surface area contributed by atoms with Gasteiger partial charge in [0.2, 0.25) is 5.89 Å². The Kier molecular flexibility index (Phi) is 4.68. The molecule has 2 unspecified atom stereocenters. The lowest BCUT2D eigenvalue weighted by molar-refractivity contribution is 0.0134. The Morgan fingerprint density at radius 3 is 2.72 bits per heavy atom. The zero-order chi connectivity index (χ0) is 13.0. The fraction of sp³-hybridized carbons (Fsp3) is 0.833. The number of hydrogen-bond donors (Lipinski definition) is 1. The second kappa shape index (κ2) is 6.26. The van der Waals surface area contributed by atoms with Crippen molar-refractivity contribution in [3.8, 4) is 0 Å². The van der Waals surface area contributed by atoms with Crippen LogP contribution in [0, 0.1) is 0 Å². The van der Waals surface area contributed by atoms with Crippen LogP contribution < -0.4 is 5.32 Å². The Labute approximate surface area is 108 Å². The highest BCUT2D eigenvalue weighted by molar-refractivity contribution is 4.94. The molecule has 1 fully saturated rings. The van der Waals surface area contributed by atoms with Crippen LogP contribution in [0.15, 0.2) is 4.52 Å². The average molecular weight is 254 g/mol. The number of rotatable bonds is 5. The third-order valence-corrected chi connectivity index (χ3v) is 3.42. The third kappa shape index (κ3) is 3.28. The van der Waals surface area contributed by atoms with Crippen LogP contribution in [0.2, 0.25) is 0 Å². The van der Waals surface area contributed by atoms with Gasteiger partial charge in [-0.1, -0.05) is 5.16 Å². The maximum Gasteiger partial charge on any atom is 0.243 e. The van der Waals surface area contributed by atoms with Crippen molar-refractivity contribution in [2.75, 3.05) is 33.4 Å². The first-order valence-corrected chi connectivity index (χ1v) is 6.52. The monoisotopic (exact) mass is 254 g/mol. The molecule has 1 aromatic rings. The lowest BCUT2D eigenvalue weighted by atomic mass is 10.2. The van der Waals surface area contributed by atoms with Crippen LogP contribution in [0.4, 0.5) is 0 Å². The number of ether oxygens (including phenoxy) is 1. The van der Waals surface area contributed by atoms with E-state index >= 15 is 0 Å². The van der Waals surface area contributed by atoms with E-state index in [4.69, 9.17) is 9.26 Å². The molecule has 1 saturated heterocycles. The predicted molar refractivity (Wildman–Crippen MR) is 67.3 cm³/mol. The third-order valence-electron chi connectivity index (χ3n) is 3.42. The summed E-state index contributed by atoms with van der Waals surface area (Å²) >= 11 is 0. The second-order valence-electron chi connectivity index (χ2n) is 4.77. The summed E-state index contributed by atoms with van der Waals surface area (Å²) in [5.74, 6) is 1.47. The van der Waals surface area contributed by atoms with Gasteiger partial charge in [-0.25, -0.2) is 0 Å². The van der Waals surface area contributed by atoms with Crippen molar-refractivity contribution in [2.45, 2.75) is 32.4 Å². The molecular weight excluding hydrogens is 232 g/mol. The van der Waals surface area contributed by atoms with Gasteiger partial charge in [-0.15, -0.1) is 0 Å². The summed E-state index contributed by atoms with van der Waals surface area (Å²) in [6.45, 7) is 7.60. The fourth-order valence-electron chi connectivity index (χ4n) is 2.02. The zero-order valence-corrected chi connectivity index (χ0v) is 11.3. The Hall–Kier alpha value is -0.980. The van der Waals surface area contributed by atoms with Crippen molar-refractivity contribution >= 4 is 0 Å². The van der Waals surface area contributed by atoms with Gasteiger partial charge in [-0.3, -0.25) is 4.90 Å². The van der Waals surface area contributed by atoms with Crippen molar-refractivity contribution in [2.24, 2.45) is 0 Å². The molecule has 18 heavy (non-hydrogen) atoms. The maximum atomic E-state index is 5.35. The smallest absolute Gasteiger partial charge is 0.243 e. The molecule has 0 radical (unpaired) electrons. The Bertz CT molecular complexity index is 363. The zero-order valence-electron chi connectivity index (χ0n) is 11.3. The first kappa shape index (κ1) is 13.5. The second-order valence-corrected chi connectivity index (χ2v) is 4.77. The Morgan fingerprint density at radius 1 is 1.33 bits per heavy atom. The first-order chi connectivity index (χ1) is 8.70. The SMILES string of the molecule is CNC(C)Cc1noc(C(C)N2CCOCC2)n1. The molecule has 6 heteroatoms. The van der Waals surface area contributed by atoms with E-state index in [1.54, 1.807) is 0 Å². The van der Waals surface area contributed by atoms with Gasteiger partial charge in [-0.05, 0) is 20.9 Å². The number of hydrogen-bond acceptors (Lipinski definition) is 6. The van der Waals surface area contributed by atoms with Crippen LogP contribution in [-0.2, 0) is 11.2 Å². The molecule has 0 amide bonds. The van der Waals surface area contributed by atoms with E-state index in [9.17, 15) is 0 Å². The molecule has 102 valence electrons. The van der Waals surface area contributed by atoms with Crippen LogP contribution in [0.5, 0.6) is 0 Å². The minimum Gasteiger partial charge on any atom is -0.379 e. The molecule has 6 nitrogen and oxygen atoms in total. The van der Waals surface area contributed by atoms with Crippen molar-refractivity contribution in [3.63, 3.8) is 0 Å². The molecule has 1 aliphatic rings. The topological polar surface area (TPSA) is 63.4 Å². The number of nitrogens with one attached hydrogen (secondary N) is 1. The lowest BCUT2D eigenvalue weighted by Crippen LogP contribution is -2.38. The van der Waals surface area contributed by atoms with Gasteiger partial charge in [0, 0.05) is 25.6 Å².